The number of carboxylic acid groups (broad SMARTS) is 1. The number of carbonyl (C=O) groups is 4. The van der Waals surface area contributed by atoms with Crippen molar-refractivity contribution in [3.05, 3.63) is 63.3 Å². The average molecular weight is 742 g/mol. The minimum Gasteiger partial charge on any atom is -0.530 e. The molecule has 11 nitrogen and oxygen atoms in total. The highest BCUT2D eigenvalue weighted by molar-refractivity contribution is 6.38. The number of nitrogens with two attached hydrogens (primary N) is 1. The van der Waals surface area contributed by atoms with Crippen LogP contribution in [-0.2, 0) is 33.8 Å². The Hall–Kier alpha value is -4.17. The van der Waals surface area contributed by atoms with E-state index in [9.17, 15) is 37.5 Å². The number of amides is 4. The summed E-state index contributed by atoms with van der Waals surface area (Å²) in [5.41, 5.74) is 6.04. The van der Waals surface area contributed by atoms with Gasteiger partial charge in [0.2, 0.25) is 17.7 Å². The first kappa shape index (κ1) is 38.6. The second-order valence-electron chi connectivity index (χ2n) is 12.8. The number of ether oxygens (including phenoxy) is 1. The third kappa shape index (κ3) is 8.58. The number of hydrogen-bond donors (Lipinski definition) is 4. The maximum Gasteiger partial charge on any atom is 0.573 e. The Morgan fingerprint density at radius 1 is 1.10 bits per heavy atom. The SMILES string of the molecule is CCC(C)[C@H](NC(=O)[C@@]1(NC(=O)[C@H](C(C)CC)N(Cc2cccc(OC(F)(F)F)c2)C(=O)[O-])CCc2[nH]c3c(Cl)cc(Cl)cc3c2C1)C(N)=O. The van der Waals surface area contributed by atoms with Gasteiger partial charge < -0.3 is 40.9 Å². The van der Waals surface area contributed by atoms with Gasteiger partial charge in [-0.15, -0.1) is 13.2 Å². The predicted molar refractivity (Wildman–Crippen MR) is 179 cm³/mol. The van der Waals surface area contributed by atoms with Crippen molar-refractivity contribution in [3.8, 4) is 5.75 Å². The quantitative estimate of drug-likeness (QED) is 0.192. The molecule has 272 valence electrons. The highest BCUT2D eigenvalue weighted by Gasteiger charge is 2.47. The summed E-state index contributed by atoms with van der Waals surface area (Å²) in [7, 11) is 0. The number of aryl methyl sites for hydroxylation is 1. The molecular formula is C34H39Cl2F3N5O6-. The number of alkyl halides is 3. The predicted octanol–water partition coefficient (Wildman–Crippen LogP) is 4.99. The molecule has 1 aliphatic carbocycles. The van der Waals surface area contributed by atoms with Gasteiger partial charge in [0.1, 0.15) is 29.5 Å². The number of hydrogen-bond acceptors (Lipinski definition) is 6. The third-order valence-electron chi connectivity index (χ3n) is 9.41. The Morgan fingerprint density at radius 3 is 2.38 bits per heavy atom. The zero-order chi connectivity index (χ0) is 37.1. The molecule has 3 aromatic rings. The highest BCUT2D eigenvalue weighted by Crippen LogP contribution is 2.39. The maximum atomic E-state index is 14.4. The molecule has 0 fully saturated rings. The lowest BCUT2D eigenvalue weighted by atomic mass is 9.78. The second kappa shape index (κ2) is 15.4. The summed E-state index contributed by atoms with van der Waals surface area (Å²) >= 11 is 12.8. The maximum absolute atomic E-state index is 14.4. The summed E-state index contributed by atoms with van der Waals surface area (Å²) in [6.07, 6.45) is -5.73. The number of H-pyrrole nitrogens is 1. The Bertz CT molecular complexity index is 1770. The van der Waals surface area contributed by atoms with Gasteiger partial charge in [-0.1, -0.05) is 75.9 Å². The topological polar surface area (TPSA) is 170 Å². The summed E-state index contributed by atoms with van der Waals surface area (Å²) in [4.78, 5) is 57.8. The second-order valence-corrected chi connectivity index (χ2v) is 13.6. The Morgan fingerprint density at radius 2 is 1.78 bits per heavy atom. The van der Waals surface area contributed by atoms with E-state index >= 15 is 0 Å². The molecule has 0 saturated heterocycles. The van der Waals surface area contributed by atoms with Crippen LogP contribution in [0.1, 0.15) is 63.8 Å². The summed E-state index contributed by atoms with van der Waals surface area (Å²) in [6, 6.07) is 5.43. The lowest BCUT2D eigenvalue weighted by Gasteiger charge is -2.42. The van der Waals surface area contributed by atoms with E-state index in [4.69, 9.17) is 28.9 Å². The van der Waals surface area contributed by atoms with Crippen molar-refractivity contribution in [2.75, 3.05) is 0 Å². The van der Waals surface area contributed by atoms with E-state index in [0.29, 0.717) is 44.3 Å². The van der Waals surface area contributed by atoms with Crippen molar-refractivity contribution in [2.45, 2.75) is 90.3 Å². The zero-order valence-electron chi connectivity index (χ0n) is 27.9. The smallest absolute Gasteiger partial charge is 0.530 e. The van der Waals surface area contributed by atoms with Crippen LogP contribution in [0.3, 0.4) is 0 Å². The molecule has 16 heteroatoms. The van der Waals surface area contributed by atoms with Gasteiger partial charge in [-0.05, 0) is 60.1 Å². The van der Waals surface area contributed by atoms with Crippen LogP contribution in [-0.4, -0.2) is 57.7 Å². The largest absolute Gasteiger partial charge is 0.573 e. The Balaban J connectivity index is 1.77. The number of aromatic amines is 1. The number of aromatic nitrogens is 1. The van der Waals surface area contributed by atoms with Crippen molar-refractivity contribution in [1.82, 2.24) is 20.5 Å². The summed E-state index contributed by atoms with van der Waals surface area (Å²) in [5, 5.41) is 19.5. The fraction of sp³-hybridized carbons (Fsp3) is 0.471. The van der Waals surface area contributed by atoms with Gasteiger partial charge in [0, 0.05) is 29.1 Å². The zero-order valence-corrected chi connectivity index (χ0v) is 29.4. The van der Waals surface area contributed by atoms with Gasteiger partial charge in [0.25, 0.3) is 0 Å². The van der Waals surface area contributed by atoms with Crippen LogP contribution in [0.5, 0.6) is 5.75 Å². The van der Waals surface area contributed by atoms with Crippen molar-refractivity contribution >= 4 is 57.9 Å². The number of nitrogens with zero attached hydrogens (tertiary/aromatic N) is 1. The van der Waals surface area contributed by atoms with Crippen molar-refractivity contribution < 1.29 is 42.2 Å². The Labute approximate surface area is 297 Å². The number of carbonyl (C=O) groups excluding carboxylic acids is 4. The molecule has 0 saturated carbocycles. The number of halogens is 5. The first-order valence-corrected chi connectivity index (χ1v) is 16.9. The molecule has 0 aliphatic heterocycles. The standard InChI is InChI=1S/C34H40Cl2F3N5O6/c1-5-17(3)26(29(40)45)42-31(47)33(11-10-25-23(15-33)22-13-20(35)14-24(36)27(22)41-25)43-30(46)28(18(4)6-2)44(32(48)49)16-19-8-7-9-21(12-19)50-34(37,38)39/h7-9,12-14,17-18,26,28,41H,5-6,10-11,15-16H2,1-4H3,(H2,40,45)(H,42,47)(H,43,46)(H,48,49)/p-1/t17?,18?,26-,28-,33+/m0/s1. The van der Waals surface area contributed by atoms with Crippen LogP contribution in [0.2, 0.25) is 10.0 Å². The normalized spacial score (nSPS) is 18.3. The molecular weight excluding hydrogens is 702 g/mol. The number of benzene rings is 2. The highest BCUT2D eigenvalue weighted by atomic mass is 35.5. The number of primary amides is 1. The van der Waals surface area contributed by atoms with Crippen molar-refractivity contribution in [1.29, 1.82) is 0 Å². The van der Waals surface area contributed by atoms with Crippen molar-refractivity contribution in [2.24, 2.45) is 17.6 Å². The average Bonchev–Trinajstić information content (AvgIpc) is 3.39. The van der Waals surface area contributed by atoms with Crippen molar-refractivity contribution in [3.63, 3.8) is 0 Å². The van der Waals surface area contributed by atoms with Crippen LogP contribution in [0.25, 0.3) is 10.9 Å². The molecule has 5 atom stereocenters. The Kier molecular flexibility index (Phi) is 11.9. The fourth-order valence-electron chi connectivity index (χ4n) is 6.39. The minimum atomic E-state index is -4.98. The molecule has 1 aromatic heterocycles. The monoisotopic (exact) mass is 740 g/mol. The summed E-state index contributed by atoms with van der Waals surface area (Å²) in [5.74, 6) is -3.90. The fourth-order valence-corrected chi connectivity index (χ4v) is 6.93. The molecule has 0 radical (unpaired) electrons. The van der Waals surface area contributed by atoms with Crippen LogP contribution in [0, 0.1) is 11.8 Å². The van der Waals surface area contributed by atoms with E-state index in [-0.39, 0.29) is 30.7 Å². The van der Waals surface area contributed by atoms with Gasteiger partial charge in [-0.25, -0.2) is 0 Å². The molecule has 5 N–H and O–H groups in total. The lowest BCUT2D eigenvalue weighted by Crippen LogP contribution is -2.67. The van der Waals surface area contributed by atoms with Crippen LogP contribution in [0.15, 0.2) is 36.4 Å². The van der Waals surface area contributed by atoms with E-state index in [1.54, 1.807) is 32.9 Å². The van der Waals surface area contributed by atoms with Gasteiger partial charge >= 0.3 is 6.36 Å². The molecule has 2 aromatic carbocycles. The van der Waals surface area contributed by atoms with E-state index in [1.807, 2.05) is 6.92 Å². The first-order chi connectivity index (χ1) is 23.4. The van der Waals surface area contributed by atoms with E-state index < -0.39 is 66.0 Å². The van der Waals surface area contributed by atoms with E-state index in [2.05, 4.69) is 20.4 Å². The van der Waals surface area contributed by atoms with E-state index in [1.165, 1.54) is 12.1 Å². The first-order valence-electron chi connectivity index (χ1n) is 16.1. The van der Waals surface area contributed by atoms with Crippen LogP contribution in [0.4, 0.5) is 18.0 Å². The summed E-state index contributed by atoms with van der Waals surface area (Å²) in [6.45, 7) is 6.40. The molecule has 1 aliphatic rings. The molecule has 2 unspecified atom stereocenters. The lowest BCUT2D eigenvalue weighted by molar-refractivity contribution is -0.275. The molecule has 4 amide bonds. The minimum absolute atomic E-state index is 0.0388. The number of nitrogens with one attached hydrogen (secondary N) is 3. The third-order valence-corrected chi connectivity index (χ3v) is 9.93. The molecule has 50 heavy (non-hydrogen) atoms. The number of fused-ring (bicyclic) bond motifs is 3. The molecule has 1 heterocycles. The van der Waals surface area contributed by atoms with Crippen LogP contribution < -0.4 is 26.2 Å². The van der Waals surface area contributed by atoms with Gasteiger partial charge in [0.05, 0.1) is 10.5 Å². The molecule has 4 rings (SSSR count). The van der Waals surface area contributed by atoms with Gasteiger partial charge in [-0.3, -0.25) is 14.4 Å². The van der Waals surface area contributed by atoms with Crippen LogP contribution >= 0.6 is 23.2 Å². The molecule has 0 spiro atoms. The number of rotatable bonds is 13. The summed E-state index contributed by atoms with van der Waals surface area (Å²) < 4.78 is 42.7. The van der Waals surface area contributed by atoms with E-state index in [0.717, 1.165) is 17.8 Å². The van der Waals surface area contributed by atoms with Gasteiger partial charge in [0.15, 0.2) is 0 Å². The van der Waals surface area contributed by atoms with Gasteiger partial charge in [-0.2, -0.15) is 0 Å². The molecule has 0 bridgehead atoms.